The van der Waals surface area contributed by atoms with E-state index in [1.807, 2.05) is 0 Å². The van der Waals surface area contributed by atoms with Gasteiger partial charge in [-0.15, -0.1) is 0 Å². The molecule has 1 amide bonds. The highest BCUT2D eigenvalue weighted by molar-refractivity contribution is 5.95. The van der Waals surface area contributed by atoms with Gasteiger partial charge in [0, 0.05) is 25.4 Å². The number of anilines is 1. The smallest absolute Gasteiger partial charge is 0.234 e. The Hall–Kier alpha value is -1.53. The van der Waals surface area contributed by atoms with Crippen LogP contribution in [0.4, 0.5) is 14.5 Å². The van der Waals surface area contributed by atoms with Crippen LogP contribution in [0.1, 0.15) is 6.42 Å². The number of carbonyl (C=O) groups is 1. The normalized spacial score (nSPS) is 22.5. The molecule has 2 rings (SSSR count). The molecule has 1 aromatic carbocycles. The molecule has 1 heterocycles. The van der Waals surface area contributed by atoms with Crippen molar-refractivity contribution in [1.29, 1.82) is 0 Å². The summed E-state index contributed by atoms with van der Waals surface area (Å²) in [5, 5.41) is 5.72. The van der Waals surface area contributed by atoms with Crippen LogP contribution in [0.2, 0.25) is 0 Å². The van der Waals surface area contributed by atoms with Crippen LogP contribution >= 0.6 is 0 Å². The monoisotopic (exact) mass is 270 g/mol. The van der Waals surface area contributed by atoms with E-state index < -0.39 is 17.0 Å². The first kappa shape index (κ1) is 13.9. The van der Waals surface area contributed by atoms with Gasteiger partial charge in [-0.2, -0.15) is 0 Å². The minimum atomic E-state index is -0.983. The summed E-state index contributed by atoms with van der Waals surface area (Å²) < 4.78 is 31.0. The Morgan fingerprint density at radius 2 is 2.26 bits per heavy atom. The number of carbonyl (C=O) groups excluding carboxylic acids is 1. The van der Waals surface area contributed by atoms with Crippen molar-refractivity contribution in [3.63, 3.8) is 0 Å². The van der Waals surface area contributed by atoms with Crippen LogP contribution in [0.3, 0.4) is 0 Å². The van der Waals surface area contributed by atoms with Gasteiger partial charge in [0.05, 0.1) is 12.0 Å². The van der Waals surface area contributed by atoms with Gasteiger partial charge in [0.25, 0.3) is 0 Å². The van der Waals surface area contributed by atoms with Crippen molar-refractivity contribution in [3.8, 4) is 0 Å². The first-order chi connectivity index (χ1) is 9.07. The molecule has 1 saturated heterocycles. The Bertz CT molecular complexity index is 474. The molecule has 19 heavy (non-hydrogen) atoms. The third-order valence-electron chi connectivity index (χ3n) is 3.32. The van der Waals surface area contributed by atoms with Crippen molar-refractivity contribution in [2.24, 2.45) is 5.41 Å². The zero-order valence-corrected chi connectivity index (χ0v) is 10.6. The second-order valence-electron chi connectivity index (χ2n) is 4.72. The van der Waals surface area contributed by atoms with Gasteiger partial charge in [0.1, 0.15) is 0 Å². The summed E-state index contributed by atoms with van der Waals surface area (Å²) in [5.74, 6) is -2.17. The van der Waals surface area contributed by atoms with Crippen molar-refractivity contribution >= 4 is 11.6 Å². The molecule has 0 spiro atoms. The molecule has 1 aromatic rings. The Morgan fingerprint density at radius 1 is 1.47 bits per heavy atom. The van der Waals surface area contributed by atoms with Crippen LogP contribution < -0.4 is 10.6 Å². The number of methoxy groups -OCH3 is 1. The van der Waals surface area contributed by atoms with Gasteiger partial charge in [0.2, 0.25) is 5.91 Å². The van der Waals surface area contributed by atoms with E-state index in [1.54, 1.807) is 0 Å². The molecule has 2 N–H and O–H groups in total. The molecule has 1 fully saturated rings. The van der Waals surface area contributed by atoms with E-state index in [1.165, 1.54) is 13.2 Å². The summed E-state index contributed by atoms with van der Waals surface area (Å²) >= 11 is 0. The van der Waals surface area contributed by atoms with Crippen molar-refractivity contribution in [1.82, 2.24) is 5.32 Å². The molecule has 0 bridgehead atoms. The molecule has 1 unspecified atom stereocenters. The lowest BCUT2D eigenvalue weighted by molar-refractivity contribution is -0.127. The van der Waals surface area contributed by atoms with Crippen molar-refractivity contribution in [3.05, 3.63) is 29.8 Å². The Balaban J connectivity index is 2.12. The molecular formula is C13H16F2N2O2. The fourth-order valence-electron chi connectivity index (χ4n) is 2.24. The van der Waals surface area contributed by atoms with E-state index >= 15 is 0 Å². The van der Waals surface area contributed by atoms with Gasteiger partial charge in [-0.25, -0.2) is 8.78 Å². The van der Waals surface area contributed by atoms with E-state index in [0.717, 1.165) is 18.7 Å². The summed E-state index contributed by atoms with van der Waals surface area (Å²) in [6, 6.07) is 3.29. The number of rotatable bonds is 4. The first-order valence-corrected chi connectivity index (χ1v) is 6.03. The highest BCUT2D eigenvalue weighted by atomic mass is 19.2. The molecule has 6 heteroatoms. The predicted octanol–water partition coefficient (Wildman–Crippen LogP) is 1.53. The molecule has 1 atom stereocenters. The number of halogens is 2. The lowest BCUT2D eigenvalue weighted by Crippen LogP contribution is -2.41. The van der Waals surface area contributed by atoms with Crippen LogP contribution in [0.25, 0.3) is 0 Å². The quantitative estimate of drug-likeness (QED) is 0.872. The molecule has 104 valence electrons. The Kier molecular flexibility index (Phi) is 4.11. The highest BCUT2D eigenvalue weighted by Gasteiger charge is 2.41. The highest BCUT2D eigenvalue weighted by Crippen LogP contribution is 2.28. The van der Waals surface area contributed by atoms with E-state index in [-0.39, 0.29) is 18.2 Å². The number of amides is 1. The zero-order chi connectivity index (χ0) is 13.9. The van der Waals surface area contributed by atoms with Crippen LogP contribution in [0.5, 0.6) is 0 Å². The average Bonchev–Trinajstić information content (AvgIpc) is 2.84. The predicted molar refractivity (Wildman–Crippen MR) is 66.8 cm³/mol. The summed E-state index contributed by atoms with van der Waals surface area (Å²) in [6.07, 6.45) is 0.649. The number of hydrogen-bond donors (Lipinski definition) is 2. The molecule has 1 aliphatic rings. The van der Waals surface area contributed by atoms with E-state index in [0.29, 0.717) is 13.0 Å². The maximum atomic E-state index is 13.1. The minimum Gasteiger partial charge on any atom is -0.384 e. The lowest BCUT2D eigenvalue weighted by atomic mass is 9.87. The van der Waals surface area contributed by atoms with Crippen LogP contribution in [0.15, 0.2) is 18.2 Å². The van der Waals surface area contributed by atoms with Gasteiger partial charge >= 0.3 is 0 Å². The largest absolute Gasteiger partial charge is 0.384 e. The third kappa shape index (κ3) is 2.90. The maximum absolute atomic E-state index is 13.1. The van der Waals surface area contributed by atoms with Crippen molar-refractivity contribution in [2.45, 2.75) is 6.42 Å². The number of ether oxygens (including phenoxy) is 1. The molecule has 1 aliphatic heterocycles. The van der Waals surface area contributed by atoms with Gasteiger partial charge in [-0.1, -0.05) is 0 Å². The fraction of sp³-hybridized carbons (Fsp3) is 0.462. The topological polar surface area (TPSA) is 50.4 Å². The molecule has 0 aliphatic carbocycles. The van der Waals surface area contributed by atoms with Crippen molar-refractivity contribution < 1.29 is 18.3 Å². The van der Waals surface area contributed by atoms with Crippen LogP contribution in [-0.4, -0.2) is 32.7 Å². The van der Waals surface area contributed by atoms with Gasteiger partial charge in [-0.05, 0) is 25.1 Å². The zero-order valence-electron chi connectivity index (χ0n) is 10.6. The molecule has 0 aromatic heterocycles. The number of benzene rings is 1. The van der Waals surface area contributed by atoms with Gasteiger partial charge < -0.3 is 15.4 Å². The average molecular weight is 270 g/mol. The van der Waals surface area contributed by atoms with E-state index in [2.05, 4.69) is 10.6 Å². The van der Waals surface area contributed by atoms with E-state index in [4.69, 9.17) is 4.74 Å². The summed E-state index contributed by atoms with van der Waals surface area (Å²) in [4.78, 5) is 12.3. The first-order valence-electron chi connectivity index (χ1n) is 6.03. The second kappa shape index (κ2) is 5.63. The van der Waals surface area contributed by atoms with Gasteiger partial charge in [0.15, 0.2) is 11.6 Å². The van der Waals surface area contributed by atoms with Crippen LogP contribution in [0, 0.1) is 17.0 Å². The number of hydrogen-bond acceptors (Lipinski definition) is 3. The Labute approximate surface area is 110 Å². The molecule has 0 radical (unpaired) electrons. The minimum absolute atomic E-state index is 0.242. The third-order valence-corrected chi connectivity index (χ3v) is 3.32. The Morgan fingerprint density at radius 3 is 2.84 bits per heavy atom. The van der Waals surface area contributed by atoms with E-state index in [9.17, 15) is 13.6 Å². The maximum Gasteiger partial charge on any atom is 0.234 e. The number of nitrogens with one attached hydrogen (secondary N) is 2. The SMILES string of the molecule is COCC1(C(=O)Nc2ccc(F)c(F)c2)CCNC1. The summed E-state index contributed by atoms with van der Waals surface area (Å²) in [7, 11) is 1.53. The summed E-state index contributed by atoms with van der Waals surface area (Å²) in [6.45, 7) is 1.53. The van der Waals surface area contributed by atoms with Crippen molar-refractivity contribution in [2.75, 3.05) is 32.1 Å². The summed E-state index contributed by atoms with van der Waals surface area (Å²) in [5.41, 5.74) is -0.411. The standard InChI is InChI=1S/C13H16F2N2O2/c1-19-8-13(4-5-16-7-13)12(18)17-9-2-3-10(14)11(15)6-9/h2-3,6,16H,4-5,7-8H2,1H3,(H,17,18). The molecular weight excluding hydrogens is 254 g/mol. The molecule has 4 nitrogen and oxygen atoms in total. The second-order valence-corrected chi connectivity index (χ2v) is 4.72. The molecule has 0 saturated carbocycles. The van der Waals surface area contributed by atoms with Gasteiger partial charge in [-0.3, -0.25) is 4.79 Å². The fourth-order valence-corrected chi connectivity index (χ4v) is 2.24. The van der Waals surface area contributed by atoms with Crippen LogP contribution in [-0.2, 0) is 9.53 Å². The lowest BCUT2D eigenvalue weighted by Gasteiger charge is -2.25.